The summed E-state index contributed by atoms with van der Waals surface area (Å²) in [6, 6.07) is -4.58. The second-order valence-corrected chi connectivity index (χ2v) is 22.4. The molecule has 0 aromatic carbocycles. The molecule has 0 bridgehead atoms. The highest BCUT2D eigenvalue weighted by Crippen LogP contribution is 2.40. The van der Waals surface area contributed by atoms with E-state index in [-0.39, 0.29) is 39.6 Å². The third-order valence-corrected chi connectivity index (χ3v) is 15.9. The summed E-state index contributed by atoms with van der Waals surface area (Å²) in [7, 11) is 1.28. The molecule has 35 nitrogen and oxygen atoms in total. The van der Waals surface area contributed by atoms with E-state index in [0.717, 1.165) is 6.42 Å². The van der Waals surface area contributed by atoms with E-state index in [1.807, 2.05) is 41.5 Å². The number of unbranched alkanes of at least 4 members (excludes halogenated alkanes) is 6. The van der Waals surface area contributed by atoms with Crippen LogP contribution in [0.2, 0.25) is 0 Å². The number of hydrogen-bond acceptors (Lipinski definition) is 27. The van der Waals surface area contributed by atoms with E-state index in [4.69, 9.17) is 75.8 Å². The molecule has 5 aliphatic heterocycles. The molecule has 91 heavy (non-hydrogen) atoms. The Morgan fingerprint density at radius 1 is 0.407 bits per heavy atom. The highest BCUT2D eigenvalue weighted by atomic mass is 16.8. The highest BCUT2D eigenvalue weighted by Gasteiger charge is 2.60. The van der Waals surface area contributed by atoms with Gasteiger partial charge in [-0.25, -0.2) is 9.59 Å². The summed E-state index contributed by atoms with van der Waals surface area (Å²) in [4.78, 5) is 49.3. The third kappa shape index (κ3) is 20.6. The van der Waals surface area contributed by atoms with Crippen molar-refractivity contribution in [1.82, 2.24) is 0 Å². The van der Waals surface area contributed by atoms with Crippen molar-refractivity contribution in [3.8, 4) is 0 Å². The summed E-state index contributed by atoms with van der Waals surface area (Å²) in [5.74, 6) is -5.33. The molecule has 0 saturated carbocycles. The molecule has 35 heteroatoms. The van der Waals surface area contributed by atoms with Crippen molar-refractivity contribution in [3.63, 3.8) is 0 Å². The number of aliphatic hydroxyl groups excluding tert-OH is 5. The summed E-state index contributed by atoms with van der Waals surface area (Å²) < 4.78 is 99.5. The lowest BCUT2D eigenvalue weighted by Crippen LogP contribution is -2.69. The molecule has 7 N–H and O–H groups in total. The van der Waals surface area contributed by atoms with E-state index < -0.39 is 191 Å². The topological polar surface area (TPSA) is 487 Å². The first-order valence-electron chi connectivity index (χ1n) is 31.5. The average Bonchev–Trinajstić information content (AvgIpc) is 0.976. The van der Waals surface area contributed by atoms with Crippen LogP contribution in [0.5, 0.6) is 0 Å². The van der Waals surface area contributed by atoms with Crippen LogP contribution >= 0.6 is 0 Å². The predicted octanol–water partition coefficient (Wildman–Crippen LogP) is 3.38. The second-order valence-electron chi connectivity index (χ2n) is 22.4. The van der Waals surface area contributed by atoms with Gasteiger partial charge in [-0.3, -0.25) is 4.79 Å². The number of carboxylic acids is 2. The zero-order valence-electron chi connectivity index (χ0n) is 52.7. The molecule has 25 atom stereocenters. The van der Waals surface area contributed by atoms with Gasteiger partial charge in [0.2, 0.25) is 0 Å². The number of rotatable bonds is 42. The molecular weight excluding hydrogens is 1210 g/mol. The van der Waals surface area contributed by atoms with Crippen molar-refractivity contribution in [2.75, 3.05) is 66.6 Å². The lowest BCUT2D eigenvalue weighted by molar-refractivity contribution is -0.380. The van der Waals surface area contributed by atoms with E-state index in [1.54, 1.807) is 0 Å². The van der Waals surface area contributed by atoms with Crippen LogP contribution in [0.4, 0.5) is 0 Å². The first-order chi connectivity index (χ1) is 44.1. The lowest BCUT2D eigenvalue weighted by Gasteiger charge is -2.51. The molecule has 520 valence electrons. The molecule has 0 aromatic rings. The minimum atomic E-state index is -2.20. The van der Waals surface area contributed by atoms with Crippen LogP contribution < -0.4 is 0 Å². The predicted molar refractivity (Wildman–Crippen MR) is 310 cm³/mol. The van der Waals surface area contributed by atoms with Crippen LogP contribution in [-0.2, 0) is 90.2 Å². The maximum Gasteiger partial charge on any atom is 0.375 e. The quantitative estimate of drug-likeness (QED) is 0.0151. The lowest BCUT2D eigenvalue weighted by atomic mass is 9.93. The Balaban J connectivity index is 1.54. The fraction of sp³-hybridized carbons (Fsp3) is 0.946. The number of aliphatic hydroxyl groups is 5. The van der Waals surface area contributed by atoms with Gasteiger partial charge in [0, 0.05) is 61.5 Å². The Bertz CT molecular complexity index is 2310. The van der Waals surface area contributed by atoms with E-state index in [0.29, 0.717) is 70.6 Å². The fourth-order valence-corrected chi connectivity index (χ4v) is 11.1. The molecular formula is C56H95N9O26. The van der Waals surface area contributed by atoms with Crippen molar-refractivity contribution in [2.45, 2.75) is 272 Å². The smallest absolute Gasteiger partial charge is 0.375 e. The number of carbonyl (C=O) groups excluding carboxylic acids is 1. The normalized spacial score (nSPS) is 36.8. The third-order valence-electron chi connectivity index (χ3n) is 15.9. The van der Waals surface area contributed by atoms with Crippen molar-refractivity contribution in [2.24, 2.45) is 15.3 Å². The number of methoxy groups -OCH3 is 1. The van der Waals surface area contributed by atoms with E-state index >= 15 is 0 Å². The molecule has 0 radical (unpaired) electrons. The fourth-order valence-electron chi connectivity index (χ4n) is 11.1. The Labute approximate surface area is 527 Å². The molecule has 5 saturated heterocycles. The van der Waals surface area contributed by atoms with E-state index in [9.17, 15) is 66.7 Å². The Hall–Kier alpha value is -4.30. The van der Waals surface area contributed by atoms with Crippen LogP contribution in [0.25, 0.3) is 31.3 Å². The number of hydrogen-bond donors (Lipinski definition) is 7. The molecule has 11 unspecified atom stereocenters. The van der Waals surface area contributed by atoms with Gasteiger partial charge < -0.3 is 112 Å². The molecule has 5 heterocycles. The van der Waals surface area contributed by atoms with Gasteiger partial charge in [-0.2, -0.15) is 0 Å². The van der Waals surface area contributed by atoms with Gasteiger partial charge >= 0.3 is 11.9 Å². The summed E-state index contributed by atoms with van der Waals surface area (Å²) in [6.45, 7) is 9.18. The number of aliphatic carboxylic acids is 2. The molecule has 0 aromatic heterocycles. The summed E-state index contributed by atoms with van der Waals surface area (Å²) in [5, 5.41) is 89.9. The average molecular weight is 1310 g/mol. The maximum absolute atomic E-state index is 14.1. The number of Topliss-reactive ketones (excluding diaryl/α,β-unsaturated/α-hetero) is 1. The Morgan fingerprint density at radius 3 is 1.23 bits per heavy atom. The molecule has 5 rings (SSSR count). The van der Waals surface area contributed by atoms with Crippen LogP contribution in [0.15, 0.2) is 15.3 Å². The number of carboxylic acid groups (broad SMARTS) is 2. The number of ether oxygens (including phenoxy) is 16. The zero-order valence-corrected chi connectivity index (χ0v) is 52.7. The van der Waals surface area contributed by atoms with Crippen molar-refractivity contribution >= 4 is 17.7 Å². The largest absolute Gasteiger partial charge is 0.479 e. The van der Waals surface area contributed by atoms with Crippen molar-refractivity contribution < 1.29 is 126 Å². The van der Waals surface area contributed by atoms with Gasteiger partial charge in [-0.05, 0) is 55.1 Å². The van der Waals surface area contributed by atoms with E-state index in [1.165, 1.54) is 7.11 Å². The van der Waals surface area contributed by atoms with Crippen LogP contribution in [-0.4, -0.2) is 273 Å². The van der Waals surface area contributed by atoms with Gasteiger partial charge in [0.25, 0.3) is 5.78 Å². The maximum atomic E-state index is 14.1. The van der Waals surface area contributed by atoms with Crippen molar-refractivity contribution in [1.29, 1.82) is 0 Å². The first-order valence-corrected chi connectivity index (χ1v) is 31.5. The van der Waals surface area contributed by atoms with Crippen molar-refractivity contribution in [3.05, 3.63) is 31.3 Å². The number of ketones is 1. The van der Waals surface area contributed by atoms with Gasteiger partial charge in [0.05, 0.1) is 38.1 Å². The molecule has 0 aliphatic carbocycles. The zero-order chi connectivity index (χ0) is 66.6. The molecule has 0 spiro atoms. The van der Waals surface area contributed by atoms with Crippen LogP contribution in [0.1, 0.15) is 119 Å². The van der Waals surface area contributed by atoms with Crippen LogP contribution in [0.3, 0.4) is 0 Å². The molecule has 5 aliphatic rings. The van der Waals surface area contributed by atoms with Gasteiger partial charge in [-0.1, -0.05) is 95.4 Å². The summed E-state index contributed by atoms with van der Waals surface area (Å²) >= 11 is 0. The van der Waals surface area contributed by atoms with Crippen LogP contribution in [0, 0.1) is 0 Å². The monoisotopic (exact) mass is 1310 g/mol. The molecule has 0 amide bonds. The standard InChI is InChI=1S/C56H95N9O26/c1-8-14-20-77-39-30(27-67)85-54(34(62-65-59)41(39)78-21-15-9-2)90-47-44(36(70)50(72)73)88-56(49(82-25-19-13-6)45(47)81-24-18-12-5)86-38-29(26-66)84-53(32(35(38)69)60-63-57)89-46-43(80-23-17-11-4)37(71)55(91-48(46)51(74)75)87-40-31(28-68)83-52(76-7)33(61-64-58)42(40)79-22-16-10-3/h29-35,37-49,52-56,66-69,71H,8-28H2,1-7H3,(H,72,73)(H,74,75)/t29?,30?,31?,32?,33?,34?,35-,37?,38-,39-,40-,41-,42?,43-,44?,45?,46+,47-,48?,49+,52+,53-,54-,55-,56-/m1/s1. The highest BCUT2D eigenvalue weighted by molar-refractivity contribution is 6.34. The van der Waals surface area contributed by atoms with Gasteiger partial charge in [0.15, 0.2) is 43.7 Å². The number of azide groups is 3. The summed E-state index contributed by atoms with van der Waals surface area (Å²) in [6.07, 6.45) is -29.9. The minimum Gasteiger partial charge on any atom is -0.479 e. The second kappa shape index (κ2) is 40.8. The number of carbonyl (C=O) groups is 3. The first kappa shape index (κ1) is 77.4. The Morgan fingerprint density at radius 2 is 0.769 bits per heavy atom. The minimum absolute atomic E-state index is 0.0492. The van der Waals surface area contributed by atoms with Gasteiger partial charge in [0.1, 0.15) is 91.4 Å². The van der Waals surface area contributed by atoms with Gasteiger partial charge in [-0.15, -0.1) is 0 Å². The van der Waals surface area contributed by atoms with E-state index in [2.05, 4.69) is 30.1 Å². The number of nitrogens with zero attached hydrogens (tertiary/aromatic N) is 9. The Kier molecular flexibility index (Phi) is 34.7. The summed E-state index contributed by atoms with van der Waals surface area (Å²) in [5.41, 5.74) is 29.6. The molecule has 5 fully saturated rings. The SMILES string of the molecule is CCCCOC1C(N=[N+]=[N-])[C@@H](OC)OC(CO)[C@H]1O[C@@H]1OC(C(=O)O)[C@@H](O[C@H]2OC(CO)[C@@H](O[C@@H]3OC(C(=O)C(=O)O)[C@@H](O[C@H]4OC(CO)[C@@H](OCCCC)[C@H](OCCCC)C4N=[N+]=[N-])C(OCCCC)[C@@H]3OCCCC)[C@H](O)C2N=[N+]=[N-])[C@H](OCCCC)C1O.